The van der Waals surface area contributed by atoms with Crippen LogP contribution in [0.4, 0.5) is 0 Å². The van der Waals surface area contributed by atoms with E-state index >= 15 is 0 Å². The number of para-hydroxylation sites is 1. The minimum Gasteiger partial charge on any atom is -0.496 e. The largest absolute Gasteiger partial charge is 0.496 e. The lowest BCUT2D eigenvalue weighted by Gasteiger charge is -2.27. The molecule has 2 aliphatic heterocycles. The van der Waals surface area contributed by atoms with Gasteiger partial charge in [-0.05, 0) is 41.3 Å². The first kappa shape index (κ1) is 23.6. The molecule has 7 nitrogen and oxygen atoms in total. The molecule has 0 unspecified atom stereocenters. The molecule has 7 heteroatoms. The maximum atomic E-state index is 13.5. The van der Waals surface area contributed by atoms with E-state index in [-0.39, 0.29) is 29.9 Å². The molecule has 4 aromatic rings. The highest BCUT2D eigenvalue weighted by Crippen LogP contribution is 2.50. The fourth-order valence-electron chi connectivity index (χ4n) is 5.32. The van der Waals surface area contributed by atoms with Crippen LogP contribution in [0.3, 0.4) is 0 Å². The first-order valence-electron chi connectivity index (χ1n) is 12.1. The summed E-state index contributed by atoms with van der Waals surface area (Å²) in [7, 11) is 4.73. The number of methoxy groups -OCH3 is 3. The van der Waals surface area contributed by atoms with Crippen LogP contribution in [0, 0.1) is 0 Å². The van der Waals surface area contributed by atoms with E-state index in [2.05, 4.69) is 0 Å². The van der Waals surface area contributed by atoms with Gasteiger partial charge >= 0.3 is 5.97 Å². The molecule has 2 heterocycles. The van der Waals surface area contributed by atoms with Gasteiger partial charge in [0.15, 0.2) is 17.3 Å². The molecule has 0 aromatic heterocycles. The van der Waals surface area contributed by atoms with E-state index in [0.717, 1.165) is 22.1 Å². The summed E-state index contributed by atoms with van der Waals surface area (Å²) in [4.78, 5) is 26.1. The van der Waals surface area contributed by atoms with Gasteiger partial charge in [-0.3, -0.25) is 9.59 Å². The molecule has 0 fully saturated rings. The van der Waals surface area contributed by atoms with E-state index in [1.807, 2.05) is 48.5 Å². The number of rotatable bonds is 5. The van der Waals surface area contributed by atoms with E-state index in [0.29, 0.717) is 39.7 Å². The Hall–Kier alpha value is -4.78. The van der Waals surface area contributed by atoms with Crippen LogP contribution < -0.4 is 23.7 Å². The number of allylic oxidation sites excluding steroid dienone is 1. The van der Waals surface area contributed by atoms with Crippen molar-refractivity contribution in [3.8, 4) is 28.7 Å². The smallest absolute Gasteiger partial charge is 0.312 e. The summed E-state index contributed by atoms with van der Waals surface area (Å²) in [5.41, 5.74) is 2.65. The zero-order valence-electron chi connectivity index (χ0n) is 21.1. The first-order valence-corrected chi connectivity index (χ1v) is 12.1. The summed E-state index contributed by atoms with van der Waals surface area (Å²) in [5.74, 6) is 1.73. The number of Topliss-reactive ketones (excluding diaryl/α,β-unsaturated/α-hetero) is 1. The van der Waals surface area contributed by atoms with E-state index < -0.39 is 0 Å². The van der Waals surface area contributed by atoms with E-state index in [1.165, 1.54) is 0 Å². The van der Waals surface area contributed by atoms with Crippen LogP contribution in [0.25, 0.3) is 16.8 Å². The number of carbonyl (C=O) groups is 2. The molecule has 0 radical (unpaired) electrons. The van der Waals surface area contributed by atoms with E-state index in [1.54, 1.807) is 45.6 Å². The van der Waals surface area contributed by atoms with Gasteiger partial charge in [0, 0.05) is 22.4 Å². The van der Waals surface area contributed by atoms with Gasteiger partial charge in [-0.15, -0.1) is 0 Å². The SMILES string of the molecule is COc1cccc(/C=C2\Oc3c(ccc4c3[C@@H](c3ccc(OC)c5ccccc35)CC(=O)O4)C2=O)c1OC. The molecule has 1 atom stereocenters. The predicted molar refractivity (Wildman–Crippen MR) is 142 cm³/mol. The van der Waals surface area contributed by atoms with E-state index in [9.17, 15) is 9.59 Å². The van der Waals surface area contributed by atoms with Gasteiger partial charge in [-0.2, -0.15) is 0 Å². The molecule has 0 N–H and O–H groups in total. The monoisotopic (exact) mass is 508 g/mol. The molecule has 190 valence electrons. The van der Waals surface area contributed by atoms with Crippen LogP contribution in [-0.2, 0) is 4.79 Å². The fourth-order valence-corrected chi connectivity index (χ4v) is 5.32. The first-order chi connectivity index (χ1) is 18.5. The molecule has 2 aliphatic rings. The number of hydrogen-bond acceptors (Lipinski definition) is 7. The Morgan fingerprint density at radius 2 is 1.58 bits per heavy atom. The summed E-state index contributed by atoms with van der Waals surface area (Å²) >= 11 is 0. The number of fused-ring (bicyclic) bond motifs is 4. The van der Waals surface area contributed by atoms with Crippen molar-refractivity contribution in [3.63, 3.8) is 0 Å². The summed E-state index contributed by atoms with van der Waals surface area (Å²) in [6.07, 6.45) is 1.75. The zero-order chi connectivity index (χ0) is 26.4. The van der Waals surface area contributed by atoms with Crippen molar-refractivity contribution in [1.29, 1.82) is 0 Å². The zero-order valence-corrected chi connectivity index (χ0v) is 21.1. The third-order valence-electron chi connectivity index (χ3n) is 7.01. The molecule has 0 amide bonds. The lowest BCUT2D eigenvalue weighted by Crippen LogP contribution is -2.21. The van der Waals surface area contributed by atoms with Crippen molar-refractivity contribution in [2.24, 2.45) is 0 Å². The number of benzene rings is 4. The number of esters is 1. The van der Waals surface area contributed by atoms with Crippen LogP contribution in [0.1, 0.15) is 39.4 Å². The number of hydrogen-bond donors (Lipinski definition) is 0. The fraction of sp³-hybridized carbons (Fsp3) is 0.161. The van der Waals surface area contributed by atoms with Gasteiger partial charge in [0.1, 0.15) is 17.2 Å². The van der Waals surface area contributed by atoms with Crippen molar-refractivity contribution < 1.29 is 33.3 Å². The minimum absolute atomic E-state index is 0.111. The van der Waals surface area contributed by atoms with Crippen LogP contribution in [-0.4, -0.2) is 33.1 Å². The molecular formula is C31H24O7. The summed E-state index contributed by atoms with van der Waals surface area (Å²) < 4.78 is 28.3. The highest BCUT2D eigenvalue weighted by atomic mass is 16.5. The Balaban J connectivity index is 1.50. The summed E-state index contributed by atoms with van der Waals surface area (Å²) in [5, 5.41) is 1.89. The lowest BCUT2D eigenvalue weighted by atomic mass is 9.82. The summed E-state index contributed by atoms with van der Waals surface area (Å²) in [6, 6.07) is 20.5. The topological polar surface area (TPSA) is 80.3 Å². The normalized spacial score (nSPS) is 17.0. The van der Waals surface area contributed by atoms with Gasteiger partial charge in [0.05, 0.1) is 33.3 Å². The van der Waals surface area contributed by atoms with Crippen molar-refractivity contribution >= 4 is 28.6 Å². The molecular weight excluding hydrogens is 484 g/mol. The molecule has 0 spiro atoms. The van der Waals surface area contributed by atoms with Crippen LogP contribution in [0.2, 0.25) is 0 Å². The minimum atomic E-state index is -0.379. The van der Waals surface area contributed by atoms with Gasteiger partial charge in [-0.1, -0.05) is 42.5 Å². The lowest BCUT2D eigenvalue weighted by molar-refractivity contribution is -0.135. The van der Waals surface area contributed by atoms with Gasteiger partial charge < -0.3 is 23.7 Å². The van der Waals surface area contributed by atoms with Crippen LogP contribution >= 0.6 is 0 Å². The maximum absolute atomic E-state index is 13.5. The average Bonchev–Trinajstić information content (AvgIpc) is 3.26. The standard InChI is InChI=1S/C31H24O7/c1-34-23-13-11-19(18-8-4-5-9-20(18)23)22-16-27(32)37-24-14-12-21-29(33)26(38-31(21)28(22)24)15-17-7-6-10-25(35-2)30(17)36-3/h4-15,22H,16H2,1-3H3/b26-15-/t22-/m1/s1. The Kier molecular flexibility index (Phi) is 5.76. The molecule has 0 bridgehead atoms. The molecule has 38 heavy (non-hydrogen) atoms. The Labute approximate surface area is 219 Å². The van der Waals surface area contributed by atoms with Crippen molar-refractivity contribution in [1.82, 2.24) is 0 Å². The average molecular weight is 509 g/mol. The number of carbonyl (C=O) groups excluding carboxylic acids is 2. The molecule has 0 saturated carbocycles. The molecule has 0 aliphatic carbocycles. The Morgan fingerprint density at radius 3 is 2.34 bits per heavy atom. The third-order valence-corrected chi connectivity index (χ3v) is 7.01. The van der Waals surface area contributed by atoms with Gasteiger partial charge in [-0.25, -0.2) is 0 Å². The van der Waals surface area contributed by atoms with Crippen LogP contribution in [0.5, 0.6) is 28.7 Å². The summed E-state index contributed by atoms with van der Waals surface area (Å²) in [6.45, 7) is 0. The highest BCUT2D eigenvalue weighted by Gasteiger charge is 2.39. The number of ketones is 1. The van der Waals surface area contributed by atoms with Crippen molar-refractivity contribution in [2.45, 2.75) is 12.3 Å². The second-order valence-electron chi connectivity index (χ2n) is 9.01. The van der Waals surface area contributed by atoms with Gasteiger partial charge in [0.25, 0.3) is 0 Å². The molecule has 6 rings (SSSR count). The van der Waals surface area contributed by atoms with E-state index in [4.69, 9.17) is 23.7 Å². The predicted octanol–water partition coefficient (Wildman–Crippen LogP) is 5.92. The second kappa shape index (κ2) is 9.27. The maximum Gasteiger partial charge on any atom is 0.312 e. The Morgan fingerprint density at radius 1 is 0.789 bits per heavy atom. The second-order valence-corrected chi connectivity index (χ2v) is 9.01. The molecule has 0 saturated heterocycles. The van der Waals surface area contributed by atoms with Crippen molar-refractivity contribution in [2.75, 3.05) is 21.3 Å². The Bertz CT molecular complexity index is 1650. The van der Waals surface area contributed by atoms with Crippen molar-refractivity contribution in [3.05, 3.63) is 94.7 Å². The van der Waals surface area contributed by atoms with Gasteiger partial charge in [0.2, 0.25) is 5.78 Å². The third kappa shape index (κ3) is 3.66. The highest BCUT2D eigenvalue weighted by molar-refractivity contribution is 6.15. The number of ether oxygens (including phenoxy) is 5. The quantitative estimate of drug-likeness (QED) is 0.188. The van der Waals surface area contributed by atoms with Crippen LogP contribution in [0.15, 0.2) is 72.5 Å². The molecule has 4 aromatic carbocycles.